The van der Waals surface area contributed by atoms with Crippen molar-refractivity contribution < 1.29 is 0 Å². The van der Waals surface area contributed by atoms with E-state index in [9.17, 15) is 0 Å². The average Bonchev–Trinajstić information content (AvgIpc) is 3.04. The Morgan fingerprint density at radius 1 is 1.10 bits per heavy atom. The van der Waals surface area contributed by atoms with Crippen LogP contribution in [0.15, 0.2) is 36.8 Å². The third-order valence-corrected chi connectivity index (χ3v) is 5.04. The number of aromatic nitrogens is 2. The monoisotopic (exact) mass is 281 g/mol. The molecule has 1 saturated heterocycles. The molecular formula is C18H23N3. The zero-order chi connectivity index (χ0) is 14.1. The highest BCUT2D eigenvalue weighted by Gasteiger charge is 2.26. The molecule has 1 fully saturated rings. The van der Waals surface area contributed by atoms with Gasteiger partial charge < -0.3 is 9.88 Å². The van der Waals surface area contributed by atoms with Gasteiger partial charge in [-0.2, -0.15) is 0 Å². The second-order valence-electron chi connectivity index (χ2n) is 6.34. The quantitative estimate of drug-likeness (QED) is 0.911. The number of imidazole rings is 1. The van der Waals surface area contributed by atoms with E-state index in [1.165, 1.54) is 55.3 Å². The first-order valence-electron chi connectivity index (χ1n) is 8.26. The summed E-state index contributed by atoms with van der Waals surface area (Å²) in [6.45, 7) is 1.14. The zero-order valence-corrected chi connectivity index (χ0v) is 12.5. The van der Waals surface area contributed by atoms with Gasteiger partial charge >= 0.3 is 0 Å². The van der Waals surface area contributed by atoms with E-state index < -0.39 is 0 Å². The lowest BCUT2D eigenvalue weighted by molar-refractivity contribution is 0.378. The molecule has 0 radical (unpaired) electrons. The van der Waals surface area contributed by atoms with Crippen LogP contribution in [0.25, 0.3) is 0 Å². The maximum Gasteiger partial charge on any atom is 0.0954 e. The second kappa shape index (κ2) is 5.64. The summed E-state index contributed by atoms with van der Waals surface area (Å²) in [5.41, 5.74) is 4.39. The third kappa shape index (κ3) is 2.40. The van der Waals surface area contributed by atoms with Gasteiger partial charge in [0.2, 0.25) is 0 Å². The maximum absolute atomic E-state index is 4.47. The third-order valence-electron chi connectivity index (χ3n) is 5.04. The Hall–Kier alpha value is -1.61. The molecule has 2 unspecified atom stereocenters. The van der Waals surface area contributed by atoms with E-state index in [0.29, 0.717) is 12.1 Å². The van der Waals surface area contributed by atoms with Crippen LogP contribution in [0.1, 0.15) is 61.0 Å². The van der Waals surface area contributed by atoms with Crippen LogP contribution in [0.2, 0.25) is 0 Å². The van der Waals surface area contributed by atoms with Gasteiger partial charge in [0.1, 0.15) is 0 Å². The molecule has 0 amide bonds. The van der Waals surface area contributed by atoms with E-state index in [1.54, 1.807) is 0 Å². The zero-order valence-electron chi connectivity index (χ0n) is 12.5. The number of rotatable bonds is 2. The molecule has 2 atom stereocenters. The molecule has 21 heavy (non-hydrogen) atoms. The number of piperidine rings is 1. The molecular weight excluding hydrogens is 258 g/mol. The predicted molar refractivity (Wildman–Crippen MR) is 84.3 cm³/mol. The summed E-state index contributed by atoms with van der Waals surface area (Å²) in [5.74, 6) is 0. The number of nitrogens with one attached hydrogen (secondary N) is 1. The minimum atomic E-state index is 0.469. The summed E-state index contributed by atoms with van der Waals surface area (Å²) in [6.07, 6.45) is 11.7. The molecule has 1 aliphatic heterocycles. The van der Waals surface area contributed by atoms with Gasteiger partial charge in [-0.25, -0.2) is 4.98 Å². The van der Waals surface area contributed by atoms with E-state index >= 15 is 0 Å². The van der Waals surface area contributed by atoms with Gasteiger partial charge in [0.25, 0.3) is 0 Å². The van der Waals surface area contributed by atoms with Crippen molar-refractivity contribution in [1.82, 2.24) is 14.9 Å². The van der Waals surface area contributed by atoms with Crippen molar-refractivity contribution in [3.63, 3.8) is 0 Å². The van der Waals surface area contributed by atoms with Crippen LogP contribution < -0.4 is 5.32 Å². The van der Waals surface area contributed by atoms with Crippen LogP contribution in [0, 0.1) is 0 Å². The lowest BCUT2D eigenvalue weighted by Crippen LogP contribution is -2.30. The molecule has 1 aromatic heterocycles. The summed E-state index contributed by atoms with van der Waals surface area (Å²) in [7, 11) is 0. The van der Waals surface area contributed by atoms with Crippen LogP contribution in [0.4, 0.5) is 0 Å². The van der Waals surface area contributed by atoms with Crippen LogP contribution in [0.3, 0.4) is 0 Å². The topological polar surface area (TPSA) is 29.9 Å². The van der Waals surface area contributed by atoms with Crippen LogP contribution in [0.5, 0.6) is 0 Å². The Morgan fingerprint density at radius 3 is 2.95 bits per heavy atom. The van der Waals surface area contributed by atoms with Crippen LogP contribution >= 0.6 is 0 Å². The fourth-order valence-electron chi connectivity index (χ4n) is 3.97. The van der Waals surface area contributed by atoms with E-state index in [4.69, 9.17) is 0 Å². The number of nitrogens with zero attached hydrogens (tertiary/aromatic N) is 2. The molecule has 0 saturated carbocycles. The van der Waals surface area contributed by atoms with Crippen LogP contribution in [-0.4, -0.2) is 16.1 Å². The molecule has 4 rings (SSSR count). The fourth-order valence-corrected chi connectivity index (χ4v) is 3.97. The molecule has 1 aliphatic carbocycles. The SMILES string of the molecule is c1ccc2c(c1)CCCC2n1cncc1C1CCCCN1. The van der Waals surface area contributed by atoms with Gasteiger partial charge in [0, 0.05) is 12.2 Å². The van der Waals surface area contributed by atoms with E-state index in [2.05, 4.69) is 45.3 Å². The maximum atomic E-state index is 4.47. The van der Waals surface area contributed by atoms with E-state index in [-0.39, 0.29) is 0 Å². The number of fused-ring (bicyclic) bond motifs is 1. The van der Waals surface area contributed by atoms with E-state index in [0.717, 1.165) is 6.54 Å². The van der Waals surface area contributed by atoms with Gasteiger partial charge in [0.15, 0.2) is 0 Å². The predicted octanol–water partition coefficient (Wildman–Crippen LogP) is 3.62. The normalized spacial score (nSPS) is 25.5. The first-order valence-corrected chi connectivity index (χ1v) is 8.26. The largest absolute Gasteiger partial charge is 0.326 e. The molecule has 110 valence electrons. The molecule has 0 spiro atoms. The number of aryl methyl sites for hydroxylation is 1. The molecule has 1 aromatic carbocycles. The Labute approximate surface area is 126 Å². The molecule has 0 bridgehead atoms. The molecule has 2 aliphatic rings. The Kier molecular flexibility index (Phi) is 3.52. The van der Waals surface area contributed by atoms with Crippen molar-refractivity contribution >= 4 is 0 Å². The number of hydrogen-bond acceptors (Lipinski definition) is 2. The second-order valence-corrected chi connectivity index (χ2v) is 6.34. The van der Waals surface area contributed by atoms with Crippen molar-refractivity contribution in [2.45, 2.75) is 50.6 Å². The average molecular weight is 281 g/mol. The molecule has 3 heteroatoms. The van der Waals surface area contributed by atoms with Gasteiger partial charge in [-0.1, -0.05) is 30.7 Å². The minimum Gasteiger partial charge on any atom is -0.326 e. The Bertz CT molecular complexity index is 610. The summed E-state index contributed by atoms with van der Waals surface area (Å²) >= 11 is 0. The van der Waals surface area contributed by atoms with Crippen molar-refractivity contribution in [3.8, 4) is 0 Å². The van der Waals surface area contributed by atoms with Gasteiger partial charge in [-0.15, -0.1) is 0 Å². The van der Waals surface area contributed by atoms with Crippen molar-refractivity contribution in [2.75, 3.05) is 6.54 Å². The van der Waals surface area contributed by atoms with Gasteiger partial charge in [-0.3, -0.25) is 0 Å². The smallest absolute Gasteiger partial charge is 0.0954 e. The van der Waals surface area contributed by atoms with Crippen LogP contribution in [-0.2, 0) is 6.42 Å². The molecule has 3 nitrogen and oxygen atoms in total. The van der Waals surface area contributed by atoms with Crippen molar-refractivity contribution in [3.05, 3.63) is 53.6 Å². The number of benzene rings is 1. The first-order chi connectivity index (χ1) is 10.4. The minimum absolute atomic E-state index is 0.469. The molecule has 2 aromatic rings. The lowest BCUT2D eigenvalue weighted by atomic mass is 9.87. The fraction of sp³-hybridized carbons (Fsp3) is 0.500. The van der Waals surface area contributed by atoms with E-state index in [1.807, 2.05) is 6.33 Å². The summed E-state index contributed by atoms with van der Waals surface area (Å²) in [4.78, 5) is 4.47. The lowest BCUT2D eigenvalue weighted by Gasteiger charge is -2.31. The standard InChI is InChI=1S/C18H23N3/c1-2-8-15-14(6-1)7-5-10-17(15)21-13-19-12-18(21)16-9-3-4-11-20-16/h1-2,6,8,12-13,16-17,20H,3-5,7,9-11H2. The summed E-state index contributed by atoms with van der Waals surface area (Å²) in [6, 6.07) is 9.88. The summed E-state index contributed by atoms with van der Waals surface area (Å²) in [5, 5.41) is 3.66. The first kappa shape index (κ1) is 13.1. The molecule has 2 heterocycles. The molecule has 1 N–H and O–H groups in total. The summed E-state index contributed by atoms with van der Waals surface area (Å²) < 4.78 is 2.43. The van der Waals surface area contributed by atoms with Crippen molar-refractivity contribution in [1.29, 1.82) is 0 Å². The number of hydrogen-bond donors (Lipinski definition) is 1. The Balaban J connectivity index is 1.70. The Morgan fingerprint density at radius 2 is 2.05 bits per heavy atom. The van der Waals surface area contributed by atoms with Crippen molar-refractivity contribution in [2.24, 2.45) is 0 Å². The highest BCUT2D eigenvalue weighted by molar-refractivity contribution is 5.33. The highest BCUT2D eigenvalue weighted by Crippen LogP contribution is 2.35. The van der Waals surface area contributed by atoms with Gasteiger partial charge in [-0.05, 0) is 49.8 Å². The van der Waals surface area contributed by atoms with Gasteiger partial charge in [0.05, 0.1) is 18.1 Å². The highest BCUT2D eigenvalue weighted by atomic mass is 15.1.